The summed E-state index contributed by atoms with van der Waals surface area (Å²) in [6, 6.07) is 0. The number of nitrogens with zero attached hydrogens (tertiary/aromatic N) is 1. The Hall–Kier alpha value is -1.52. The lowest BCUT2D eigenvalue weighted by Crippen LogP contribution is -2.62. The Bertz CT molecular complexity index is 486. The van der Waals surface area contributed by atoms with Gasteiger partial charge in [0.2, 0.25) is 5.91 Å². The third kappa shape index (κ3) is 3.70. The van der Waals surface area contributed by atoms with Crippen LogP contribution in [0.1, 0.15) is 47.5 Å². The van der Waals surface area contributed by atoms with Crippen molar-refractivity contribution in [1.82, 2.24) is 10.2 Å². The molecule has 2 aliphatic heterocycles. The summed E-state index contributed by atoms with van der Waals surface area (Å²) in [5, 5.41) is 3.20. The van der Waals surface area contributed by atoms with Gasteiger partial charge in [-0.3, -0.25) is 4.79 Å². The minimum atomic E-state index is -0.322. The topological polar surface area (TPSA) is 58.6 Å². The molecule has 2 saturated heterocycles. The second-order valence-corrected chi connectivity index (χ2v) is 7.30. The van der Waals surface area contributed by atoms with E-state index < -0.39 is 0 Å². The number of carbonyl (C=O) groups is 2. The standard InChI is InChI=1S/C18H30N2O3/c1-6-8-12(3)18(4,5)19-16(21)15-13-9-14(15)11-20(10-13)17(22)23-7-2/h8,13-15H,6-7,9-11H2,1-5H3,(H,19,21)/b12-8-/t13-,14+,15?. The fourth-order valence-corrected chi connectivity index (χ4v) is 3.73. The Morgan fingerprint density at radius 3 is 2.39 bits per heavy atom. The van der Waals surface area contributed by atoms with Crippen LogP contribution in [0.15, 0.2) is 11.6 Å². The second kappa shape index (κ2) is 6.93. The summed E-state index contributed by atoms with van der Waals surface area (Å²) in [4.78, 5) is 26.3. The van der Waals surface area contributed by atoms with Gasteiger partial charge < -0.3 is 15.0 Å². The maximum Gasteiger partial charge on any atom is 0.409 e. The SMILES string of the molecule is CC/C=C(/C)C(C)(C)NC(=O)C1[C@@H]2C[C@H]1CN(C(=O)OCC)C2. The molecular formula is C18H30N2O3. The van der Waals surface area contributed by atoms with Crippen molar-refractivity contribution in [2.24, 2.45) is 17.8 Å². The average Bonchev–Trinajstić information content (AvgIpc) is 2.47. The van der Waals surface area contributed by atoms with Crippen molar-refractivity contribution in [3.63, 3.8) is 0 Å². The van der Waals surface area contributed by atoms with Crippen LogP contribution in [0.2, 0.25) is 0 Å². The van der Waals surface area contributed by atoms with Gasteiger partial charge in [-0.2, -0.15) is 0 Å². The summed E-state index contributed by atoms with van der Waals surface area (Å²) >= 11 is 0. The first-order valence-electron chi connectivity index (χ1n) is 8.71. The summed E-state index contributed by atoms with van der Waals surface area (Å²) < 4.78 is 5.06. The minimum Gasteiger partial charge on any atom is -0.450 e. The summed E-state index contributed by atoms with van der Waals surface area (Å²) in [6.45, 7) is 11.7. The number of piperidine rings is 2. The monoisotopic (exact) mass is 322 g/mol. The summed E-state index contributed by atoms with van der Waals surface area (Å²) in [7, 11) is 0. The van der Waals surface area contributed by atoms with E-state index in [-0.39, 0.29) is 35.3 Å². The van der Waals surface area contributed by atoms with Crippen molar-refractivity contribution in [2.45, 2.75) is 53.0 Å². The van der Waals surface area contributed by atoms with Gasteiger partial charge in [0.05, 0.1) is 12.1 Å². The van der Waals surface area contributed by atoms with E-state index in [1.807, 2.05) is 20.8 Å². The van der Waals surface area contributed by atoms with Crippen molar-refractivity contribution in [3.05, 3.63) is 11.6 Å². The normalized spacial score (nSPS) is 27.3. The predicted molar refractivity (Wildman–Crippen MR) is 90.0 cm³/mol. The Balaban J connectivity index is 1.94. The van der Waals surface area contributed by atoms with Crippen LogP contribution in [-0.2, 0) is 9.53 Å². The molecule has 0 aromatic carbocycles. The fourth-order valence-electron chi connectivity index (χ4n) is 3.73. The molecule has 1 aliphatic carbocycles. The van der Waals surface area contributed by atoms with Gasteiger partial charge in [0.1, 0.15) is 0 Å². The lowest BCUT2D eigenvalue weighted by molar-refractivity contribution is -0.142. The molecule has 1 saturated carbocycles. The number of nitrogens with one attached hydrogen (secondary N) is 1. The molecule has 0 spiro atoms. The number of fused-ring (bicyclic) bond motifs is 2. The van der Waals surface area contributed by atoms with Crippen molar-refractivity contribution < 1.29 is 14.3 Å². The van der Waals surface area contributed by atoms with E-state index in [0.29, 0.717) is 19.7 Å². The molecule has 2 heterocycles. The van der Waals surface area contributed by atoms with Gasteiger partial charge in [-0.25, -0.2) is 4.79 Å². The van der Waals surface area contributed by atoms with Crippen LogP contribution in [0.5, 0.6) is 0 Å². The van der Waals surface area contributed by atoms with Gasteiger partial charge >= 0.3 is 6.09 Å². The Morgan fingerprint density at radius 1 is 1.26 bits per heavy atom. The zero-order valence-corrected chi connectivity index (χ0v) is 15.0. The molecule has 1 unspecified atom stereocenters. The molecular weight excluding hydrogens is 292 g/mol. The largest absolute Gasteiger partial charge is 0.450 e. The number of carbonyl (C=O) groups excluding carboxylic acids is 2. The van der Waals surface area contributed by atoms with Gasteiger partial charge in [-0.15, -0.1) is 0 Å². The van der Waals surface area contributed by atoms with Crippen molar-refractivity contribution in [1.29, 1.82) is 0 Å². The van der Waals surface area contributed by atoms with Crippen molar-refractivity contribution in [2.75, 3.05) is 19.7 Å². The maximum atomic E-state index is 12.7. The molecule has 2 amide bonds. The van der Waals surface area contributed by atoms with E-state index in [9.17, 15) is 9.59 Å². The van der Waals surface area contributed by atoms with E-state index in [1.54, 1.807) is 4.90 Å². The predicted octanol–water partition coefficient (Wildman–Crippen LogP) is 2.96. The van der Waals surface area contributed by atoms with Gasteiger partial charge in [-0.1, -0.05) is 18.6 Å². The molecule has 5 nitrogen and oxygen atoms in total. The highest BCUT2D eigenvalue weighted by atomic mass is 16.6. The molecule has 3 rings (SSSR count). The number of ether oxygens (including phenoxy) is 1. The Morgan fingerprint density at radius 2 is 1.87 bits per heavy atom. The smallest absolute Gasteiger partial charge is 0.409 e. The molecule has 2 bridgehead atoms. The zero-order valence-electron chi connectivity index (χ0n) is 15.0. The van der Waals surface area contributed by atoms with E-state index >= 15 is 0 Å². The average molecular weight is 322 g/mol. The van der Waals surface area contributed by atoms with Crippen LogP contribution in [-0.4, -0.2) is 42.1 Å². The third-order valence-electron chi connectivity index (χ3n) is 5.29. The van der Waals surface area contributed by atoms with Crippen LogP contribution in [0.4, 0.5) is 4.79 Å². The lowest BCUT2D eigenvalue weighted by Gasteiger charge is -2.52. The molecule has 5 heteroatoms. The highest BCUT2D eigenvalue weighted by Gasteiger charge is 2.52. The molecule has 3 fully saturated rings. The summed E-state index contributed by atoms with van der Waals surface area (Å²) in [5.74, 6) is 0.701. The number of hydrogen-bond acceptors (Lipinski definition) is 3. The van der Waals surface area contributed by atoms with E-state index in [4.69, 9.17) is 4.74 Å². The van der Waals surface area contributed by atoms with Gasteiger partial charge in [0.15, 0.2) is 0 Å². The molecule has 1 N–H and O–H groups in total. The summed E-state index contributed by atoms with van der Waals surface area (Å²) in [5.41, 5.74) is 0.864. The van der Waals surface area contributed by atoms with Crippen LogP contribution in [0, 0.1) is 17.8 Å². The van der Waals surface area contributed by atoms with Crippen molar-refractivity contribution >= 4 is 12.0 Å². The highest BCUT2D eigenvalue weighted by molar-refractivity contribution is 5.82. The Kier molecular flexibility index (Phi) is 5.37. The van der Waals surface area contributed by atoms with Gasteiger partial charge in [-0.05, 0) is 52.4 Å². The first kappa shape index (κ1) is 17.8. The number of allylic oxidation sites excluding steroid dienone is 1. The van der Waals surface area contributed by atoms with Crippen LogP contribution in [0.25, 0.3) is 0 Å². The van der Waals surface area contributed by atoms with Crippen LogP contribution >= 0.6 is 0 Å². The molecule has 3 aliphatic rings. The Labute approximate surface area is 139 Å². The number of hydrogen-bond donors (Lipinski definition) is 1. The molecule has 0 aromatic rings. The summed E-state index contributed by atoms with van der Waals surface area (Å²) in [6.07, 6.45) is 3.92. The number of amides is 2. The first-order chi connectivity index (χ1) is 10.8. The fraction of sp³-hybridized carbons (Fsp3) is 0.778. The maximum absolute atomic E-state index is 12.7. The number of rotatable bonds is 5. The van der Waals surface area contributed by atoms with E-state index in [1.165, 1.54) is 5.57 Å². The van der Waals surface area contributed by atoms with Crippen LogP contribution in [0.3, 0.4) is 0 Å². The van der Waals surface area contributed by atoms with Gasteiger partial charge in [0, 0.05) is 19.0 Å². The molecule has 130 valence electrons. The van der Waals surface area contributed by atoms with E-state index in [0.717, 1.165) is 12.8 Å². The van der Waals surface area contributed by atoms with Crippen molar-refractivity contribution in [3.8, 4) is 0 Å². The first-order valence-corrected chi connectivity index (χ1v) is 8.71. The highest BCUT2D eigenvalue weighted by Crippen LogP contribution is 2.46. The third-order valence-corrected chi connectivity index (χ3v) is 5.29. The lowest BCUT2D eigenvalue weighted by atomic mass is 9.61. The second-order valence-electron chi connectivity index (χ2n) is 7.30. The van der Waals surface area contributed by atoms with Gasteiger partial charge in [0.25, 0.3) is 0 Å². The zero-order chi connectivity index (χ0) is 17.2. The molecule has 0 radical (unpaired) electrons. The molecule has 3 atom stereocenters. The van der Waals surface area contributed by atoms with Crippen LogP contribution < -0.4 is 5.32 Å². The minimum absolute atomic E-state index is 0.0365. The van der Waals surface area contributed by atoms with E-state index in [2.05, 4.69) is 25.2 Å². The molecule has 0 aromatic heterocycles. The quantitative estimate of drug-likeness (QED) is 0.792. The molecule has 23 heavy (non-hydrogen) atoms.